The summed E-state index contributed by atoms with van der Waals surface area (Å²) in [7, 11) is 3.11. The molecule has 39 heavy (non-hydrogen) atoms. The number of para-hydroxylation sites is 1. The van der Waals surface area contributed by atoms with E-state index in [1.807, 2.05) is 43.3 Å². The van der Waals surface area contributed by atoms with Crippen LogP contribution in [0.4, 0.5) is 4.79 Å². The summed E-state index contributed by atoms with van der Waals surface area (Å²) in [5.41, 5.74) is 2.63. The van der Waals surface area contributed by atoms with Gasteiger partial charge in [-0.3, -0.25) is 14.9 Å². The highest BCUT2D eigenvalue weighted by atomic mass is 32.2. The van der Waals surface area contributed by atoms with Crippen molar-refractivity contribution in [2.45, 2.75) is 25.0 Å². The van der Waals surface area contributed by atoms with Gasteiger partial charge in [0.1, 0.15) is 11.5 Å². The fourth-order valence-electron chi connectivity index (χ4n) is 3.99. The predicted molar refractivity (Wildman–Crippen MR) is 150 cm³/mol. The molecule has 202 valence electrons. The molecule has 1 unspecified atom stereocenters. The van der Waals surface area contributed by atoms with Gasteiger partial charge in [-0.05, 0) is 60.4 Å². The van der Waals surface area contributed by atoms with Gasteiger partial charge in [-0.15, -0.1) is 0 Å². The number of methoxy groups -OCH3 is 2. The molecule has 1 aliphatic heterocycles. The number of esters is 1. The van der Waals surface area contributed by atoms with Gasteiger partial charge < -0.3 is 18.9 Å². The lowest BCUT2D eigenvalue weighted by Gasteiger charge is -2.13. The Hall–Kier alpha value is -4.24. The third kappa shape index (κ3) is 7.00. The van der Waals surface area contributed by atoms with E-state index < -0.39 is 11.2 Å². The van der Waals surface area contributed by atoms with E-state index in [0.29, 0.717) is 59.1 Å². The molecule has 1 fully saturated rings. The number of ether oxygens (including phenoxy) is 4. The Morgan fingerprint density at radius 3 is 2.23 bits per heavy atom. The van der Waals surface area contributed by atoms with Gasteiger partial charge in [0.15, 0.2) is 11.5 Å². The summed E-state index contributed by atoms with van der Waals surface area (Å²) in [6.45, 7) is 2.24. The molecule has 3 aromatic carbocycles. The number of hydrogen-bond donors (Lipinski definition) is 1. The van der Waals surface area contributed by atoms with Crippen molar-refractivity contribution in [2.75, 3.05) is 20.8 Å². The summed E-state index contributed by atoms with van der Waals surface area (Å²) in [4.78, 5) is 36.2. The monoisotopic (exact) mass is 547 g/mol. The van der Waals surface area contributed by atoms with Crippen molar-refractivity contribution in [1.29, 1.82) is 0 Å². The maximum Gasteiger partial charge on any atom is 0.338 e. The quantitative estimate of drug-likeness (QED) is 0.180. The fourth-order valence-corrected chi connectivity index (χ4v) is 4.85. The lowest BCUT2D eigenvalue weighted by Crippen LogP contribution is -2.25. The highest BCUT2D eigenvalue weighted by Crippen LogP contribution is 2.34. The largest absolute Gasteiger partial charge is 0.493 e. The van der Waals surface area contributed by atoms with Gasteiger partial charge in [0, 0.05) is 5.56 Å². The normalized spacial score (nSPS) is 15.1. The Bertz CT molecular complexity index is 1370. The lowest BCUT2D eigenvalue weighted by atomic mass is 10.0. The van der Waals surface area contributed by atoms with Crippen molar-refractivity contribution < 1.29 is 33.3 Å². The Morgan fingerprint density at radius 2 is 1.64 bits per heavy atom. The number of nitrogens with one attached hydrogen (secondary N) is 1. The third-order valence-electron chi connectivity index (χ3n) is 5.90. The number of carbonyl (C=O) groups is 3. The van der Waals surface area contributed by atoms with E-state index >= 15 is 0 Å². The molecule has 4 rings (SSSR count). The summed E-state index contributed by atoms with van der Waals surface area (Å²) in [6.07, 6.45) is 2.89. The summed E-state index contributed by atoms with van der Waals surface area (Å²) in [5, 5.41) is 1.57. The van der Waals surface area contributed by atoms with Crippen LogP contribution in [0.2, 0.25) is 0 Å². The van der Waals surface area contributed by atoms with Crippen LogP contribution in [-0.4, -0.2) is 43.2 Å². The average Bonchev–Trinajstić information content (AvgIpc) is 3.27. The molecule has 1 atom stereocenters. The molecular formula is C30H29NO7S. The standard InChI is InChI=1S/C30H29NO7S/c1-4-16-37-29(33)24(18-21-6-5-7-25(35-2)27(21)36-3)20-10-14-23(15-11-20)38-22-12-8-19(9-13-22)17-26-28(32)31-30(34)39-26/h5-15,18,26H,4,16-17H2,1-3H3,(H,31,32,34)/b24-18+. The molecule has 0 radical (unpaired) electrons. The number of benzene rings is 3. The summed E-state index contributed by atoms with van der Waals surface area (Å²) >= 11 is 1.01. The van der Waals surface area contributed by atoms with E-state index in [4.69, 9.17) is 18.9 Å². The first-order valence-electron chi connectivity index (χ1n) is 12.4. The maximum atomic E-state index is 13.0. The molecule has 8 nitrogen and oxygen atoms in total. The van der Waals surface area contributed by atoms with Crippen LogP contribution in [0.5, 0.6) is 23.0 Å². The van der Waals surface area contributed by atoms with E-state index in [1.54, 1.807) is 50.6 Å². The molecule has 0 spiro atoms. The zero-order valence-corrected chi connectivity index (χ0v) is 22.7. The third-order valence-corrected chi connectivity index (χ3v) is 6.88. The van der Waals surface area contributed by atoms with Crippen molar-refractivity contribution in [3.05, 3.63) is 83.4 Å². The minimum atomic E-state index is -0.443. The summed E-state index contributed by atoms with van der Waals surface area (Å²) in [6, 6.07) is 19.9. The van der Waals surface area contributed by atoms with Gasteiger partial charge >= 0.3 is 5.97 Å². The van der Waals surface area contributed by atoms with Crippen LogP contribution in [0.1, 0.15) is 30.0 Å². The first kappa shape index (κ1) is 27.8. The minimum Gasteiger partial charge on any atom is -0.493 e. The first-order chi connectivity index (χ1) is 18.9. The second kappa shape index (κ2) is 13.0. The van der Waals surface area contributed by atoms with Gasteiger partial charge in [0.2, 0.25) is 5.91 Å². The van der Waals surface area contributed by atoms with Crippen molar-refractivity contribution in [1.82, 2.24) is 5.32 Å². The molecule has 9 heteroatoms. The Balaban J connectivity index is 1.52. The molecule has 1 aliphatic rings. The van der Waals surface area contributed by atoms with Crippen molar-refractivity contribution in [3.8, 4) is 23.0 Å². The van der Waals surface area contributed by atoms with Gasteiger partial charge in [0.25, 0.3) is 5.24 Å². The Morgan fingerprint density at radius 1 is 0.949 bits per heavy atom. The Labute approximate surface area is 231 Å². The second-order valence-corrected chi connectivity index (χ2v) is 9.81. The molecule has 0 aromatic heterocycles. The molecule has 0 aliphatic carbocycles. The van der Waals surface area contributed by atoms with Crippen LogP contribution < -0.4 is 19.5 Å². The molecular weight excluding hydrogens is 518 g/mol. The highest BCUT2D eigenvalue weighted by molar-refractivity contribution is 8.15. The molecule has 3 aromatic rings. The number of thioether (sulfide) groups is 1. The van der Waals surface area contributed by atoms with Crippen LogP contribution in [0.15, 0.2) is 66.7 Å². The molecule has 0 bridgehead atoms. The van der Waals surface area contributed by atoms with Crippen molar-refractivity contribution in [2.24, 2.45) is 0 Å². The van der Waals surface area contributed by atoms with Crippen LogP contribution >= 0.6 is 11.8 Å². The number of carbonyl (C=O) groups excluding carboxylic acids is 3. The van der Waals surface area contributed by atoms with Gasteiger partial charge in [-0.25, -0.2) is 4.79 Å². The van der Waals surface area contributed by atoms with Gasteiger partial charge in [-0.1, -0.05) is 55.1 Å². The average molecular weight is 548 g/mol. The van der Waals surface area contributed by atoms with E-state index in [1.165, 1.54) is 0 Å². The second-order valence-electron chi connectivity index (χ2n) is 8.63. The topological polar surface area (TPSA) is 100 Å². The molecule has 1 heterocycles. The zero-order chi connectivity index (χ0) is 27.8. The van der Waals surface area contributed by atoms with Crippen LogP contribution in [0.25, 0.3) is 11.6 Å². The fraction of sp³-hybridized carbons (Fsp3) is 0.233. The number of imide groups is 1. The molecule has 2 amide bonds. The molecule has 1 N–H and O–H groups in total. The zero-order valence-electron chi connectivity index (χ0n) is 21.9. The van der Waals surface area contributed by atoms with E-state index in [9.17, 15) is 14.4 Å². The predicted octanol–water partition coefficient (Wildman–Crippen LogP) is 5.88. The van der Waals surface area contributed by atoms with Crippen molar-refractivity contribution >= 4 is 40.5 Å². The summed E-state index contributed by atoms with van der Waals surface area (Å²) in [5.74, 6) is 1.57. The van der Waals surface area contributed by atoms with Crippen LogP contribution in [0.3, 0.4) is 0 Å². The van der Waals surface area contributed by atoms with Gasteiger partial charge in [-0.2, -0.15) is 0 Å². The lowest BCUT2D eigenvalue weighted by molar-refractivity contribution is -0.136. The highest BCUT2D eigenvalue weighted by Gasteiger charge is 2.31. The Kier molecular flexibility index (Phi) is 9.27. The summed E-state index contributed by atoms with van der Waals surface area (Å²) < 4.78 is 22.3. The van der Waals surface area contributed by atoms with E-state index in [-0.39, 0.29) is 11.1 Å². The van der Waals surface area contributed by atoms with Crippen LogP contribution in [-0.2, 0) is 20.7 Å². The van der Waals surface area contributed by atoms with E-state index in [0.717, 1.165) is 17.3 Å². The number of hydrogen-bond acceptors (Lipinski definition) is 8. The SMILES string of the molecule is CCCOC(=O)/C(=C/c1cccc(OC)c1OC)c1ccc(Oc2ccc(CC3SC(=O)NC3=O)cc2)cc1. The van der Waals surface area contributed by atoms with Gasteiger partial charge in [0.05, 0.1) is 31.6 Å². The molecule has 1 saturated heterocycles. The minimum absolute atomic E-state index is 0.262. The smallest absolute Gasteiger partial charge is 0.338 e. The van der Waals surface area contributed by atoms with E-state index in [2.05, 4.69) is 5.32 Å². The first-order valence-corrected chi connectivity index (χ1v) is 13.3. The number of rotatable bonds is 11. The van der Waals surface area contributed by atoms with Crippen LogP contribution in [0, 0.1) is 0 Å². The molecule has 0 saturated carbocycles. The van der Waals surface area contributed by atoms with Crippen molar-refractivity contribution in [3.63, 3.8) is 0 Å². The maximum absolute atomic E-state index is 13.0. The number of amides is 2.